The lowest BCUT2D eigenvalue weighted by molar-refractivity contribution is -0.131. The Balaban J connectivity index is 1.91. The van der Waals surface area contributed by atoms with Crippen LogP contribution in [0.15, 0.2) is 24.3 Å². The summed E-state index contributed by atoms with van der Waals surface area (Å²) < 4.78 is 13.8. The molecule has 0 atom stereocenters. The number of rotatable bonds is 6. The predicted molar refractivity (Wildman–Crippen MR) is 77.4 cm³/mol. The Bertz CT molecular complexity index is 565. The average Bonchev–Trinajstić information content (AvgIpc) is 2.39. The third kappa shape index (κ3) is 4.41. The van der Waals surface area contributed by atoms with Gasteiger partial charge in [0.05, 0.1) is 0 Å². The van der Waals surface area contributed by atoms with Gasteiger partial charge in [0.15, 0.2) is 0 Å². The minimum atomic E-state index is -1.15. The molecule has 1 aromatic rings. The highest BCUT2D eigenvalue weighted by atomic mass is 19.1. The summed E-state index contributed by atoms with van der Waals surface area (Å²) in [6.07, 6.45) is 6.72. The number of carbonyl (C=O) groups is 2. The van der Waals surface area contributed by atoms with Crippen molar-refractivity contribution in [3.63, 3.8) is 0 Å². The van der Waals surface area contributed by atoms with E-state index in [-0.39, 0.29) is 17.0 Å². The van der Waals surface area contributed by atoms with Gasteiger partial charge >= 0.3 is 5.97 Å². The Hall–Kier alpha value is -2.17. The van der Waals surface area contributed by atoms with Crippen LogP contribution >= 0.6 is 0 Å². The SMILES string of the molecule is O=C(O)/C=C/c1ccc(C(=O)NCCC2CCC2)cc1F. The first-order valence-corrected chi connectivity index (χ1v) is 7.05. The summed E-state index contributed by atoms with van der Waals surface area (Å²) in [7, 11) is 0. The highest BCUT2D eigenvalue weighted by Crippen LogP contribution is 2.28. The number of nitrogens with one attached hydrogen (secondary N) is 1. The molecule has 1 aromatic carbocycles. The molecule has 112 valence electrons. The van der Waals surface area contributed by atoms with Crippen LogP contribution in [0.4, 0.5) is 4.39 Å². The molecule has 1 fully saturated rings. The van der Waals surface area contributed by atoms with Crippen molar-refractivity contribution in [2.45, 2.75) is 25.7 Å². The molecule has 0 unspecified atom stereocenters. The summed E-state index contributed by atoms with van der Waals surface area (Å²) in [4.78, 5) is 22.3. The maximum absolute atomic E-state index is 13.8. The molecular weight excluding hydrogens is 273 g/mol. The zero-order valence-corrected chi connectivity index (χ0v) is 11.6. The van der Waals surface area contributed by atoms with Crippen LogP contribution in [0.1, 0.15) is 41.6 Å². The maximum Gasteiger partial charge on any atom is 0.328 e. The van der Waals surface area contributed by atoms with Gasteiger partial charge in [0.25, 0.3) is 5.91 Å². The van der Waals surface area contributed by atoms with Gasteiger partial charge in [-0.25, -0.2) is 9.18 Å². The van der Waals surface area contributed by atoms with Crippen molar-refractivity contribution < 1.29 is 19.1 Å². The van der Waals surface area contributed by atoms with Crippen LogP contribution in [-0.2, 0) is 4.79 Å². The van der Waals surface area contributed by atoms with Crippen molar-refractivity contribution in [1.82, 2.24) is 5.32 Å². The third-order valence-electron chi connectivity index (χ3n) is 3.73. The molecule has 1 saturated carbocycles. The topological polar surface area (TPSA) is 66.4 Å². The normalized spacial score (nSPS) is 14.9. The lowest BCUT2D eigenvalue weighted by Gasteiger charge is -2.25. The quantitative estimate of drug-likeness (QED) is 0.792. The fourth-order valence-corrected chi connectivity index (χ4v) is 2.24. The highest BCUT2D eigenvalue weighted by molar-refractivity contribution is 5.94. The molecule has 0 saturated heterocycles. The number of carboxylic acids is 1. The number of hydrogen-bond donors (Lipinski definition) is 2. The molecule has 4 nitrogen and oxygen atoms in total. The number of halogens is 1. The lowest BCUT2D eigenvalue weighted by atomic mass is 9.83. The number of carbonyl (C=O) groups excluding carboxylic acids is 1. The Labute approximate surface area is 122 Å². The third-order valence-corrected chi connectivity index (χ3v) is 3.73. The van der Waals surface area contributed by atoms with E-state index in [4.69, 9.17) is 5.11 Å². The average molecular weight is 291 g/mol. The molecule has 0 bridgehead atoms. The standard InChI is InChI=1S/C16H18FNO3/c17-14-10-13(5-4-12(14)6-7-15(19)20)16(21)18-9-8-11-2-1-3-11/h4-7,10-11H,1-3,8-9H2,(H,18,21)(H,19,20)/b7-6+. The van der Waals surface area contributed by atoms with Crippen LogP contribution in [0, 0.1) is 11.7 Å². The Morgan fingerprint density at radius 2 is 2.14 bits per heavy atom. The van der Waals surface area contributed by atoms with Gasteiger partial charge in [0.2, 0.25) is 0 Å². The Morgan fingerprint density at radius 1 is 1.38 bits per heavy atom. The van der Waals surface area contributed by atoms with E-state index in [9.17, 15) is 14.0 Å². The lowest BCUT2D eigenvalue weighted by Crippen LogP contribution is -2.27. The molecule has 1 aliphatic rings. The first kappa shape index (κ1) is 15.2. The van der Waals surface area contributed by atoms with Gasteiger partial charge in [-0.15, -0.1) is 0 Å². The molecular formula is C16H18FNO3. The Morgan fingerprint density at radius 3 is 2.71 bits per heavy atom. The van der Waals surface area contributed by atoms with E-state index in [1.165, 1.54) is 31.4 Å². The number of hydrogen-bond acceptors (Lipinski definition) is 2. The highest BCUT2D eigenvalue weighted by Gasteiger charge is 2.17. The van der Waals surface area contributed by atoms with E-state index in [2.05, 4.69) is 5.32 Å². The van der Waals surface area contributed by atoms with E-state index < -0.39 is 11.8 Å². The summed E-state index contributed by atoms with van der Waals surface area (Å²) in [5, 5.41) is 11.3. The molecule has 5 heteroatoms. The molecule has 0 heterocycles. The maximum atomic E-state index is 13.8. The summed E-state index contributed by atoms with van der Waals surface area (Å²) in [6.45, 7) is 0.603. The molecule has 2 N–H and O–H groups in total. The van der Waals surface area contributed by atoms with Crippen molar-refractivity contribution in [3.05, 3.63) is 41.2 Å². The molecule has 0 radical (unpaired) electrons. The van der Waals surface area contributed by atoms with Gasteiger partial charge in [-0.3, -0.25) is 4.79 Å². The molecule has 21 heavy (non-hydrogen) atoms. The number of aliphatic carboxylic acids is 1. The van der Waals surface area contributed by atoms with Gasteiger partial charge in [0, 0.05) is 23.7 Å². The van der Waals surface area contributed by atoms with Crippen molar-refractivity contribution in [3.8, 4) is 0 Å². The molecule has 1 amide bonds. The predicted octanol–water partition coefficient (Wildman–Crippen LogP) is 2.84. The Kier molecular flexibility index (Phi) is 5.09. The van der Waals surface area contributed by atoms with Gasteiger partial charge in [-0.05, 0) is 30.5 Å². The van der Waals surface area contributed by atoms with E-state index in [0.29, 0.717) is 12.5 Å². The molecule has 2 rings (SSSR count). The molecule has 0 aliphatic heterocycles. The smallest absolute Gasteiger partial charge is 0.328 e. The summed E-state index contributed by atoms with van der Waals surface area (Å²) >= 11 is 0. The largest absolute Gasteiger partial charge is 0.478 e. The monoisotopic (exact) mass is 291 g/mol. The van der Waals surface area contributed by atoms with E-state index in [0.717, 1.165) is 24.6 Å². The van der Waals surface area contributed by atoms with Crippen LogP contribution in [0.25, 0.3) is 6.08 Å². The molecule has 1 aliphatic carbocycles. The van der Waals surface area contributed by atoms with E-state index in [1.807, 2.05) is 0 Å². The molecule has 0 aromatic heterocycles. The summed E-state index contributed by atoms with van der Waals surface area (Å²) in [5.74, 6) is -1.35. The van der Waals surface area contributed by atoms with Crippen molar-refractivity contribution >= 4 is 18.0 Å². The van der Waals surface area contributed by atoms with Gasteiger partial charge < -0.3 is 10.4 Å². The van der Waals surface area contributed by atoms with Gasteiger partial charge in [-0.1, -0.05) is 25.3 Å². The minimum Gasteiger partial charge on any atom is -0.478 e. The number of carboxylic acid groups (broad SMARTS) is 1. The minimum absolute atomic E-state index is 0.142. The molecule has 0 spiro atoms. The van der Waals surface area contributed by atoms with Crippen molar-refractivity contribution in [2.75, 3.05) is 6.54 Å². The van der Waals surface area contributed by atoms with Gasteiger partial charge in [0.1, 0.15) is 5.82 Å². The zero-order chi connectivity index (χ0) is 15.2. The fourth-order valence-electron chi connectivity index (χ4n) is 2.24. The number of amides is 1. The first-order chi connectivity index (χ1) is 10.1. The first-order valence-electron chi connectivity index (χ1n) is 7.05. The van der Waals surface area contributed by atoms with Gasteiger partial charge in [-0.2, -0.15) is 0 Å². The van der Waals surface area contributed by atoms with Crippen molar-refractivity contribution in [2.24, 2.45) is 5.92 Å². The second-order valence-electron chi connectivity index (χ2n) is 5.25. The second-order valence-corrected chi connectivity index (χ2v) is 5.25. The fraction of sp³-hybridized carbons (Fsp3) is 0.375. The van der Waals surface area contributed by atoms with Crippen LogP contribution in [-0.4, -0.2) is 23.5 Å². The van der Waals surface area contributed by atoms with E-state index in [1.54, 1.807) is 0 Å². The number of benzene rings is 1. The van der Waals surface area contributed by atoms with Crippen LogP contribution in [0.2, 0.25) is 0 Å². The van der Waals surface area contributed by atoms with E-state index >= 15 is 0 Å². The van der Waals surface area contributed by atoms with Crippen LogP contribution in [0.5, 0.6) is 0 Å². The van der Waals surface area contributed by atoms with Crippen LogP contribution in [0.3, 0.4) is 0 Å². The second kappa shape index (κ2) is 7.02. The summed E-state index contributed by atoms with van der Waals surface area (Å²) in [6, 6.07) is 4.01. The summed E-state index contributed by atoms with van der Waals surface area (Å²) in [5.41, 5.74) is 0.386. The zero-order valence-electron chi connectivity index (χ0n) is 11.6. The van der Waals surface area contributed by atoms with Crippen LogP contribution < -0.4 is 5.32 Å². The van der Waals surface area contributed by atoms with Crippen molar-refractivity contribution in [1.29, 1.82) is 0 Å².